The van der Waals surface area contributed by atoms with Crippen LogP contribution in [0.3, 0.4) is 0 Å². The van der Waals surface area contributed by atoms with E-state index in [1.807, 2.05) is 19.9 Å². The summed E-state index contributed by atoms with van der Waals surface area (Å²) in [7, 11) is 0. The second-order valence-electron chi connectivity index (χ2n) is 5.51. The minimum Gasteiger partial charge on any atom is -0.349 e. The lowest BCUT2D eigenvalue weighted by molar-refractivity contribution is -0.131. The number of nitrogens with two attached hydrogens (primary N) is 1. The first-order valence-corrected chi connectivity index (χ1v) is 8.48. The maximum absolute atomic E-state index is 13.9. The Labute approximate surface area is 129 Å². The van der Waals surface area contributed by atoms with Crippen molar-refractivity contribution in [3.05, 3.63) is 29.6 Å². The zero-order chi connectivity index (χ0) is 15.5. The van der Waals surface area contributed by atoms with E-state index < -0.39 is 5.41 Å². The summed E-state index contributed by atoms with van der Waals surface area (Å²) in [6, 6.07) is 4.96. The van der Waals surface area contributed by atoms with Crippen LogP contribution in [0.15, 0.2) is 23.1 Å². The third-order valence-corrected chi connectivity index (χ3v) is 5.72. The highest BCUT2D eigenvalue weighted by Crippen LogP contribution is 2.38. The van der Waals surface area contributed by atoms with E-state index in [9.17, 15) is 9.18 Å². The molecule has 0 bridgehead atoms. The summed E-state index contributed by atoms with van der Waals surface area (Å²) in [5.74, 6) is 0.599. The molecule has 1 amide bonds. The highest BCUT2D eigenvalue weighted by atomic mass is 32.2. The molecule has 0 spiro atoms. The van der Waals surface area contributed by atoms with Gasteiger partial charge in [-0.2, -0.15) is 0 Å². The van der Waals surface area contributed by atoms with Crippen LogP contribution in [0.4, 0.5) is 4.39 Å². The van der Waals surface area contributed by atoms with E-state index in [0.29, 0.717) is 24.3 Å². The molecule has 1 unspecified atom stereocenters. The molecule has 0 aromatic heterocycles. The van der Waals surface area contributed by atoms with Crippen LogP contribution in [0.25, 0.3) is 0 Å². The number of carbonyl (C=O) groups excluding carboxylic acids is 1. The molecule has 1 aromatic carbocycles. The molecule has 0 radical (unpaired) electrons. The molecule has 1 aromatic rings. The number of rotatable bonds is 5. The van der Waals surface area contributed by atoms with Crippen LogP contribution in [-0.2, 0) is 4.79 Å². The summed E-state index contributed by atoms with van der Waals surface area (Å²) in [6.07, 6.45) is 2.24. The lowest BCUT2D eigenvalue weighted by atomic mass is 9.81. The lowest BCUT2D eigenvalue weighted by Crippen LogP contribution is -2.46. The number of fused-ring (bicyclic) bond motifs is 1. The van der Waals surface area contributed by atoms with Crippen LogP contribution in [0.5, 0.6) is 0 Å². The summed E-state index contributed by atoms with van der Waals surface area (Å²) < 4.78 is 13.9. The highest BCUT2D eigenvalue weighted by molar-refractivity contribution is 7.99. The predicted octanol–water partition coefficient (Wildman–Crippen LogP) is 3.24. The molecule has 0 fully saturated rings. The molecule has 21 heavy (non-hydrogen) atoms. The van der Waals surface area contributed by atoms with Crippen LogP contribution in [0.2, 0.25) is 0 Å². The number of halogens is 1. The Hall–Kier alpha value is -1.07. The summed E-state index contributed by atoms with van der Waals surface area (Å²) in [6.45, 7) is 4.31. The fourth-order valence-electron chi connectivity index (χ4n) is 2.80. The van der Waals surface area contributed by atoms with Crippen LogP contribution in [0.1, 0.15) is 44.7 Å². The van der Waals surface area contributed by atoms with Gasteiger partial charge >= 0.3 is 0 Å². The van der Waals surface area contributed by atoms with E-state index in [1.54, 1.807) is 6.07 Å². The smallest absolute Gasteiger partial charge is 0.227 e. The molecular formula is C16H23FN2OS. The van der Waals surface area contributed by atoms with Crippen molar-refractivity contribution < 1.29 is 9.18 Å². The zero-order valence-electron chi connectivity index (χ0n) is 12.6. The molecule has 3 N–H and O–H groups in total. The second kappa shape index (κ2) is 6.79. The maximum atomic E-state index is 13.9. The van der Waals surface area contributed by atoms with E-state index in [1.165, 1.54) is 17.8 Å². The number of amides is 1. The van der Waals surface area contributed by atoms with E-state index in [-0.39, 0.29) is 17.8 Å². The molecule has 1 heterocycles. The number of hydrogen-bond acceptors (Lipinski definition) is 3. The Kier molecular flexibility index (Phi) is 5.27. The fourth-order valence-corrected chi connectivity index (χ4v) is 3.94. The van der Waals surface area contributed by atoms with Gasteiger partial charge in [-0.05, 0) is 30.9 Å². The zero-order valence-corrected chi connectivity index (χ0v) is 13.4. The first-order chi connectivity index (χ1) is 10.1. The molecule has 1 aliphatic rings. The van der Waals surface area contributed by atoms with Crippen molar-refractivity contribution in [2.75, 3.05) is 12.3 Å². The van der Waals surface area contributed by atoms with Gasteiger partial charge < -0.3 is 11.1 Å². The molecule has 0 saturated heterocycles. The Balaban J connectivity index is 2.22. The van der Waals surface area contributed by atoms with Gasteiger partial charge in [-0.1, -0.05) is 26.0 Å². The van der Waals surface area contributed by atoms with Gasteiger partial charge in [0.25, 0.3) is 0 Å². The number of carbonyl (C=O) groups is 1. The van der Waals surface area contributed by atoms with Crippen molar-refractivity contribution in [2.45, 2.75) is 44.0 Å². The molecule has 0 aliphatic carbocycles. The van der Waals surface area contributed by atoms with E-state index in [4.69, 9.17) is 5.73 Å². The SMILES string of the molecule is CCC(CC)(CN)C(=O)NC1CCSc2c(F)cccc21. The molecule has 2 rings (SSSR count). The van der Waals surface area contributed by atoms with Gasteiger partial charge in [0.15, 0.2) is 0 Å². The Morgan fingerprint density at radius 3 is 2.81 bits per heavy atom. The third kappa shape index (κ3) is 3.09. The van der Waals surface area contributed by atoms with Crippen molar-refractivity contribution in [1.29, 1.82) is 0 Å². The number of hydrogen-bond donors (Lipinski definition) is 2. The first-order valence-electron chi connectivity index (χ1n) is 7.50. The van der Waals surface area contributed by atoms with Crippen molar-refractivity contribution in [2.24, 2.45) is 11.1 Å². The average Bonchev–Trinajstić information content (AvgIpc) is 2.51. The van der Waals surface area contributed by atoms with Crippen LogP contribution < -0.4 is 11.1 Å². The summed E-state index contributed by atoms with van der Waals surface area (Å²) in [4.78, 5) is 13.3. The van der Waals surface area contributed by atoms with Gasteiger partial charge in [-0.3, -0.25) is 4.79 Å². The quantitative estimate of drug-likeness (QED) is 0.878. The van der Waals surface area contributed by atoms with Gasteiger partial charge in [0.2, 0.25) is 5.91 Å². The Morgan fingerprint density at radius 2 is 2.19 bits per heavy atom. The first kappa shape index (κ1) is 16.3. The number of thioether (sulfide) groups is 1. The topological polar surface area (TPSA) is 55.1 Å². The van der Waals surface area contributed by atoms with Crippen molar-refractivity contribution >= 4 is 17.7 Å². The fraction of sp³-hybridized carbons (Fsp3) is 0.562. The summed E-state index contributed by atoms with van der Waals surface area (Å²) >= 11 is 1.52. The molecule has 1 aliphatic heterocycles. The average molecular weight is 310 g/mol. The van der Waals surface area contributed by atoms with Gasteiger partial charge in [-0.15, -0.1) is 11.8 Å². The van der Waals surface area contributed by atoms with Gasteiger partial charge in [-0.25, -0.2) is 4.39 Å². The van der Waals surface area contributed by atoms with Crippen LogP contribution >= 0.6 is 11.8 Å². The predicted molar refractivity (Wildman–Crippen MR) is 84.7 cm³/mol. The van der Waals surface area contributed by atoms with Gasteiger partial charge in [0.1, 0.15) is 5.82 Å². The molecule has 5 heteroatoms. The summed E-state index contributed by atoms with van der Waals surface area (Å²) in [5.41, 5.74) is 6.20. The highest BCUT2D eigenvalue weighted by Gasteiger charge is 2.35. The van der Waals surface area contributed by atoms with E-state index in [0.717, 1.165) is 17.7 Å². The van der Waals surface area contributed by atoms with Crippen molar-refractivity contribution in [3.63, 3.8) is 0 Å². The number of nitrogens with one attached hydrogen (secondary N) is 1. The van der Waals surface area contributed by atoms with Gasteiger partial charge in [0.05, 0.1) is 11.5 Å². The minimum absolute atomic E-state index is 0.0119. The monoisotopic (exact) mass is 310 g/mol. The number of benzene rings is 1. The van der Waals surface area contributed by atoms with Crippen LogP contribution in [0, 0.1) is 11.2 Å². The van der Waals surface area contributed by atoms with Crippen LogP contribution in [-0.4, -0.2) is 18.2 Å². The largest absolute Gasteiger partial charge is 0.349 e. The molecule has 1 atom stereocenters. The van der Waals surface area contributed by atoms with Crippen molar-refractivity contribution in [3.8, 4) is 0 Å². The molecule has 0 saturated carbocycles. The Bertz CT molecular complexity index is 509. The standard InChI is InChI=1S/C16H23FN2OS/c1-3-16(4-2,10-18)15(20)19-13-8-9-21-14-11(13)6-5-7-12(14)17/h5-7,13H,3-4,8-10,18H2,1-2H3,(H,19,20). The molecule has 116 valence electrons. The van der Waals surface area contributed by atoms with Gasteiger partial charge in [0, 0.05) is 17.2 Å². The lowest BCUT2D eigenvalue weighted by Gasteiger charge is -2.33. The van der Waals surface area contributed by atoms with E-state index in [2.05, 4.69) is 5.32 Å². The Morgan fingerprint density at radius 1 is 1.48 bits per heavy atom. The third-order valence-electron chi connectivity index (χ3n) is 4.56. The second-order valence-corrected chi connectivity index (χ2v) is 6.62. The minimum atomic E-state index is -0.516. The van der Waals surface area contributed by atoms with E-state index >= 15 is 0 Å². The maximum Gasteiger partial charge on any atom is 0.227 e. The summed E-state index contributed by atoms with van der Waals surface area (Å²) in [5, 5.41) is 3.10. The molecule has 3 nitrogen and oxygen atoms in total. The van der Waals surface area contributed by atoms with Crippen molar-refractivity contribution in [1.82, 2.24) is 5.32 Å². The normalized spacial score (nSPS) is 18.2. The molecular weight excluding hydrogens is 287 g/mol.